The Balaban J connectivity index is 2.57. The number of sulfonamides is 1. The van der Waals surface area contributed by atoms with E-state index >= 15 is 0 Å². The van der Waals surface area contributed by atoms with E-state index in [9.17, 15) is 17.6 Å². The molecule has 0 unspecified atom stereocenters. The van der Waals surface area contributed by atoms with Crippen LogP contribution in [0.2, 0.25) is 0 Å². The number of benzene rings is 1. The summed E-state index contributed by atoms with van der Waals surface area (Å²) in [6.07, 6.45) is 0. The normalized spacial score (nSPS) is 11.3. The summed E-state index contributed by atoms with van der Waals surface area (Å²) < 4.78 is 37.8. The third-order valence-electron chi connectivity index (χ3n) is 2.82. The molecule has 1 rings (SSSR count). The summed E-state index contributed by atoms with van der Waals surface area (Å²) in [5.41, 5.74) is 0.792. The van der Waals surface area contributed by atoms with Gasteiger partial charge < -0.3 is 4.90 Å². The number of hydrogen-bond donors (Lipinski definition) is 1. The van der Waals surface area contributed by atoms with Gasteiger partial charge in [0.05, 0.1) is 5.75 Å². The molecule has 0 saturated heterocycles. The van der Waals surface area contributed by atoms with E-state index in [0.717, 1.165) is 5.56 Å². The zero-order chi connectivity index (χ0) is 15.2. The van der Waals surface area contributed by atoms with Gasteiger partial charge >= 0.3 is 0 Å². The van der Waals surface area contributed by atoms with E-state index in [1.165, 1.54) is 24.0 Å². The summed E-state index contributed by atoms with van der Waals surface area (Å²) >= 11 is 0. The van der Waals surface area contributed by atoms with Gasteiger partial charge in [0.1, 0.15) is 5.82 Å². The van der Waals surface area contributed by atoms with Crippen molar-refractivity contribution in [3.63, 3.8) is 0 Å². The summed E-state index contributed by atoms with van der Waals surface area (Å²) in [5, 5.41) is 0. The van der Waals surface area contributed by atoms with E-state index in [1.807, 2.05) is 0 Å². The van der Waals surface area contributed by atoms with Gasteiger partial charge in [-0.05, 0) is 24.6 Å². The average molecular weight is 302 g/mol. The van der Waals surface area contributed by atoms with Crippen LogP contribution in [0.3, 0.4) is 0 Å². The number of nitrogens with one attached hydrogen (secondary N) is 1. The Morgan fingerprint density at radius 1 is 1.30 bits per heavy atom. The first-order valence-corrected chi connectivity index (χ1v) is 7.96. The zero-order valence-electron chi connectivity index (χ0n) is 11.6. The number of halogens is 1. The van der Waals surface area contributed by atoms with Crippen LogP contribution < -0.4 is 4.72 Å². The molecule has 0 heterocycles. The standard InChI is InChI=1S/C13H19FN2O3S/c1-3-20(18,19)15-8-9-16(11(2)17)10-12-4-6-13(14)7-5-12/h4-7,15H,3,8-10H2,1-2H3. The molecule has 0 radical (unpaired) electrons. The molecule has 1 aromatic rings. The van der Waals surface area contributed by atoms with Gasteiger partial charge in [0, 0.05) is 26.6 Å². The fourth-order valence-electron chi connectivity index (χ4n) is 1.60. The minimum absolute atomic E-state index is 0.00499. The van der Waals surface area contributed by atoms with Crippen LogP contribution in [-0.2, 0) is 21.4 Å². The maximum atomic E-state index is 12.8. The van der Waals surface area contributed by atoms with Gasteiger partial charge in [-0.25, -0.2) is 17.5 Å². The number of rotatable bonds is 7. The Hall–Kier alpha value is -1.47. The van der Waals surface area contributed by atoms with Gasteiger partial charge in [0.15, 0.2) is 0 Å². The smallest absolute Gasteiger partial charge is 0.219 e. The predicted octanol–water partition coefficient (Wildman–Crippen LogP) is 1.11. The molecule has 112 valence electrons. The Labute approximate surface area is 118 Å². The van der Waals surface area contributed by atoms with E-state index in [0.29, 0.717) is 6.54 Å². The monoisotopic (exact) mass is 302 g/mol. The second-order valence-electron chi connectivity index (χ2n) is 4.36. The summed E-state index contributed by atoms with van der Waals surface area (Å²) in [6, 6.07) is 5.85. The first-order valence-electron chi connectivity index (χ1n) is 6.31. The van der Waals surface area contributed by atoms with Crippen molar-refractivity contribution in [3.05, 3.63) is 35.6 Å². The molecular weight excluding hydrogens is 283 g/mol. The summed E-state index contributed by atoms with van der Waals surface area (Å²) in [7, 11) is -3.26. The van der Waals surface area contributed by atoms with Gasteiger partial charge in [-0.15, -0.1) is 0 Å². The minimum atomic E-state index is -3.26. The molecule has 0 aliphatic heterocycles. The SMILES string of the molecule is CCS(=O)(=O)NCCN(Cc1ccc(F)cc1)C(C)=O. The van der Waals surface area contributed by atoms with E-state index in [-0.39, 0.29) is 30.6 Å². The lowest BCUT2D eigenvalue weighted by Crippen LogP contribution is -2.37. The molecule has 20 heavy (non-hydrogen) atoms. The summed E-state index contributed by atoms with van der Waals surface area (Å²) in [4.78, 5) is 13.0. The van der Waals surface area contributed by atoms with E-state index in [1.54, 1.807) is 19.1 Å². The van der Waals surface area contributed by atoms with Crippen molar-refractivity contribution in [2.24, 2.45) is 0 Å². The Morgan fingerprint density at radius 3 is 2.40 bits per heavy atom. The number of amides is 1. The molecule has 0 spiro atoms. The lowest BCUT2D eigenvalue weighted by Gasteiger charge is -2.21. The molecule has 0 saturated carbocycles. The molecule has 5 nitrogen and oxygen atoms in total. The maximum absolute atomic E-state index is 12.8. The van der Waals surface area contributed by atoms with Gasteiger partial charge in [-0.1, -0.05) is 12.1 Å². The van der Waals surface area contributed by atoms with Crippen LogP contribution in [0.5, 0.6) is 0 Å². The molecule has 0 fully saturated rings. The lowest BCUT2D eigenvalue weighted by molar-refractivity contribution is -0.129. The molecule has 0 atom stereocenters. The number of carbonyl (C=O) groups excluding carboxylic acids is 1. The molecule has 0 aromatic heterocycles. The topological polar surface area (TPSA) is 66.5 Å². The van der Waals surface area contributed by atoms with Crippen LogP contribution in [0.4, 0.5) is 4.39 Å². The lowest BCUT2D eigenvalue weighted by atomic mass is 10.2. The van der Waals surface area contributed by atoms with Crippen molar-refractivity contribution in [3.8, 4) is 0 Å². The zero-order valence-corrected chi connectivity index (χ0v) is 12.4. The Kier molecular flexibility index (Phi) is 6.09. The van der Waals surface area contributed by atoms with Crippen LogP contribution in [0, 0.1) is 5.82 Å². The third kappa shape index (κ3) is 5.66. The quantitative estimate of drug-likeness (QED) is 0.820. The Bertz CT molecular complexity index is 543. The predicted molar refractivity (Wildman–Crippen MR) is 75.0 cm³/mol. The van der Waals surface area contributed by atoms with Crippen molar-refractivity contribution >= 4 is 15.9 Å². The van der Waals surface area contributed by atoms with Crippen molar-refractivity contribution in [1.29, 1.82) is 0 Å². The average Bonchev–Trinajstić information content (AvgIpc) is 2.39. The molecule has 0 aliphatic carbocycles. The molecule has 1 N–H and O–H groups in total. The second-order valence-corrected chi connectivity index (χ2v) is 6.46. The Morgan fingerprint density at radius 2 is 1.90 bits per heavy atom. The first-order chi connectivity index (χ1) is 9.34. The van der Waals surface area contributed by atoms with Gasteiger partial charge in [-0.2, -0.15) is 0 Å². The first kappa shape index (κ1) is 16.6. The van der Waals surface area contributed by atoms with E-state index < -0.39 is 10.0 Å². The fourth-order valence-corrected chi connectivity index (χ4v) is 2.20. The molecule has 1 amide bonds. The minimum Gasteiger partial charge on any atom is -0.337 e. The van der Waals surface area contributed by atoms with Crippen LogP contribution in [0.15, 0.2) is 24.3 Å². The van der Waals surface area contributed by atoms with Gasteiger partial charge in [-0.3, -0.25) is 4.79 Å². The maximum Gasteiger partial charge on any atom is 0.219 e. The number of nitrogens with zero attached hydrogens (tertiary/aromatic N) is 1. The summed E-state index contributed by atoms with van der Waals surface area (Å²) in [6.45, 7) is 3.72. The molecule has 1 aromatic carbocycles. The highest BCUT2D eigenvalue weighted by Gasteiger charge is 2.11. The van der Waals surface area contributed by atoms with Gasteiger partial charge in [0.25, 0.3) is 0 Å². The molecular formula is C13H19FN2O3S. The highest BCUT2D eigenvalue weighted by Crippen LogP contribution is 2.06. The number of hydrogen-bond acceptors (Lipinski definition) is 3. The molecule has 0 aliphatic rings. The largest absolute Gasteiger partial charge is 0.337 e. The van der Waals surface area contributed by atoms with Crippen LogP contribution >= 0.6 is 0 Å². The van der Waals surface area contributed by atoms with Gasteiger partial charge in [0.2, 0.25) is 15.9 Å². The molecule has 7 heteroatoms. The van der Waals surface area contributed by atoms with E-state index in [2.05, 4.69) is 4.72 Å². The highest BCUT2D eigenvalue weighted by atomic mass is 32.2. The molecule has 0 bridgehead atoms. The van der Waals surface area contributed by atoms with Crippen molar-refractivity contribution < 1.29 is 17.6 Å². The highest BCUT2D eigenvalue weighted by molar-refractivity contribution is 7.89. The van der Waals surface area contributed by atoms with Crippen LogP contribution in [0.1, 0.15) is 19.4 Å². The second kappa shape index (κ2) is 7.35. The summed E-state index contributed by atoms with van der Waals surface area (Å²) in [5.74, 6) is -0.491. The van der Waals surface area contributed by atoms with Crippen molar-refractivity contribution in [2.45, 2.75) is 20.4 Å². The van der Waals surface area contributed by atoms with Crippen LogP contribution in [0.25, 0.3) is 0 Å². The number of carbonyl (C=O) groups is 1. The van der Waals surface area contributed by atoms with Crippen molar-refractivity contribution in [1.82, 2.24) is 9.62 Å². The van der Waals surface area contributed by atoms with E-state index in [4.69, 9.17) is 0 Å². The van der Waals surface area contributed by atoms with Crippen molar-refractivity contribution in [2.75, 3.05) is 18.8 Å². The fraction of sp³-hybridized carbons (Fsp3) is 0.462. The third-order valence-corrected chi connectivity index (χ3v) is 4.22. The van der Waals surface area contributed by atoms with Crippen LogP contribution in [-0.4, -0.2) is 38.1 Å².